The fourth-order valence-corrected chi connectivity index (χ4v) is 7.38. The highest BCUT2D eigenvalue weighted by atomic mass is 14.9. The number of hydrogen-bond donors (Lipinski definition) is 0. The summed E-state index contributed by atoms with van der Waals surface area (Å²) in [5, 5.41) is 4.47. The molecule has 0 aliphatic rings. The molecule has 10 aromatic rings. The summed E-state index contributed by atoms with van der Waals surface area (Å²) in [5.41, 5.74) is 12.8. The first-order valence-electron chi connectivity index (χ1n) is 18.8. The Hall–Kier alpha value is -7.56. The van der Waals surface area contributed by atoms with Gasteiger partial charge in [-0.1, -0.05) is 146 Å². The molecule has 3 heterocycles. The second kappa shape index (κ2) is 14.3. The van der Waals surface area contributed by atoms with Gasteiger partial charge in [-0.2, -0.15) is 0 Å². The monoisotopic (exact) mass is 714 g/mol. The maximum Gasteiger partial charge on any atom is 0.160 e. The Bertz CT molecular complexity index is 2830. The molecular weight excluding hydrogens is 681 g/mol. The van der Waals surface area contributed by atoms with E-state index < -0.39 is 0 Å². The molecule has 4 nitrogen and oxygen atoms in total. The molecule has 0 radical (unpaired) electrons. The van der Waals surface area contributed by atoms with E-state index in [0.29, 0.717) is 5.82 Å². The van der Waals surface area contributed by atoms with E-state index >= 15 is 0 Å². The third-order valence-corrected chi connectivity index (χ3v) is 10.3. The number of benzene rings is 7. The van der Waals surface area contributed by atoms with E-state index in [-0.39, 0.29) is 0 Å². The van der Waals surface area contributed by atoms with E-state index in [0.717, 1.165) is 94.4 Å². The van der Waals surface area contributed by atoms with Gasteiger partial charge in [-0.25, -0.2) is 9.97 Å². The molecule has 0 bridgehead atoms. The third-order valence-electron chi connectivity index (χ3n) is 10.3. The lowest BCUT2D eigenvalue weighted by Gasteiger charge is -2.14. The van der Waals surface area contributed by atoms with Crippen molar-refractivity contribution in [2.45, 2.75) is 0 Å². The Morgan fingerprint density at radius 1 is 0.232 bits per heavy atom. The second-order valence-electron chi connectivity index (χ2n) is 14.0. The summed E-state index contributed by atoms with van der Waals surface area (Å²) >= 11 is 0. The summed E-state index contributed by atoms with van der Waals surface area (Å²) in [7, 11) is 0. The molecule has 10 rings (SSSR count). The van der Waals surface area contributed by atoms with Crippen LogP contribution in [0.25, 0.3) is 100 Å². The van der Waals surface area contributed by atoms with Gasteiger partial charge in [0, 0.05) is 51.0 Å². The molecule has 0 aliphatic heterocycles. The minimum atomic E-state index is 0.653. The van der Waals surface area contributed by atoms with E-state index in [1.54, 1.807) is 0 Å². The fourth-order valence-electron chi connectivity index (χ4n) is 7.38. The predicted molar refractivity (Wildman–Crippen MR) is 231 cm³/mol. The zero-order chi connectivity index (χ0) is 37.3. The summed E-state index contributed by atoms with van der Waals surface area (Å²) < 4.78 is 0. The highest BCUT2D eigenvalue weighted by molar-refractivity contribution is 5.89. The van der Waals surface area contributed by atoms with Crippen molar-refractivity contribution in [2.24, 2.45) is 0 Å². The van der Waals surface area contributed by atoms with E-state index in [2.05, 4.69) is 170 Å². The molecule has 0 spiro atoms. The number of hydrogen-bond acceptors (Lipinski definition) is 4. The molecule has 0 unspecified atom stereocenters. The number of fused-ring (bicyclic) bond motifs is 2. The Kier molecular flexibility index (Phi) is 8.47. The summed E-state index contributed by atoms with van der Waals surface area (Å²) in [5.74, 6) is 0.653. The summed E-state index contributed by atoms with van der Waals surface area (Å²) in [6.07, 6.45) is 3.90. The van der Waals surface area contributed by atoms with Gasteiger partial charge in [-0.05, 0) is 81.6 Å². The lowest BCUT2D eigenvalue weighted by molar-refractivity contribution is 1.18. The molecule has 0 saturated carbocycles. The van der Waals surface area contributed by atoms with Gasteiger partial charge in [0.2, 0.25) is 0 Å². The Morgan fingerprint density at radius 2 is 0.607 bits per heavy atom. The average Bonchev–Trinajstić information content (AvgIpc) is 3.29. The van der Waals surface area contributed by atoms with Crippen molar-refractivity contribution in [3.63, 3.8) is 0 Å². The van der Waals surface area contributed by atoms with Crippen LogP contribution in [0.3, 0.4) is 0 Å². The molecule has 0 atom stereocenters. The molecule has 0 fully saturated rings. The summed E-state index contributed by atoms with van der Waals surface area (Å²) in [6, 6.07) is 67.7. The zero-order valence-electron chi connectivity index (χ0n) is 30.4. The Morgan fingerprint density at radius 3 is 1.14 bits per heavy atom. The van der Waals surface area contributed by atoms with E-state index in [1.165, 1.54) is 0 Å². The van der Waals surface area contributed by atoms with Gasteiger partial charge in [-0.3, -0.25) is 9.97 Å². The van der Waals surface area contributed by atoms with Crippen LogP contribution in [0.1, 0.15) is 0 Å². The van der Waals surface area contributed by atoms with Gasteiger partial charge < -0.3 is 0 Å². The van der Waals surface area contributed by atoms with E-state index in [9.17, 15) is 0 Å². The molecule has 3 aromatic heterocycles. The van der Waals surface area contributed by atoms with Crippen molar-refractivity contribution < 1.29 is 0 Å². The number of aromatic nitrogens is 4. The van der Waals surface area contributed by atoms with Crippen molar-refractivity contribution in [3.05, 3.63) is 207 Å². The van der Waals surface area contributed by atoms with Crippen molar-refractivity contribution >= 4 is 21.5 Å². The van der Waals surface area contributed by atoms with Gasteiger partial charge in [0.15, 0.2) is 5.82 Å². The molecular formula is C52H34N4. The smallest absolute Gasteiger partial charge is 0.160 e. The number of pyridine rings is 2. The molecule has 0 amide bonds. The Labute approximate surface area is 325 Å². The van der Waals surface area contributed by atoms with Crippen LogP contribution < -0.4 is 0 Å². The van der Waals surface area contributed by atoms with E-state index in [1.807, 2.05) is 36.7 Å². The average molecular weight is 715 g/mol. The lowest BCUT2D eigenvalue weighted by Crippen LogP contribution is -1.97. The van der Waals surface area contributed by atoms with Crippen molar-refractivity contribution in [3.8, 4) is 78.7 Å². The van der Waals surface area contributed by atoms with Gasteiger partial charge in [0.1, 0.15) is 0 Å². The minimum Gasteiger partial charge on any atom is -0.256 e. The van der Waals surface area contributed by atoms with Gasteiger partial charge in [0.25, 0.3) is 0 Å². The first-order valence-corrected chi connectivity index (χ1v) is 18.8. The molecule has 262 valence electrons. The lowest BCUT2D eigenvalue weighted by atomic mass is 9.96. The van der Waals surface area contributed by atoms with Crippen molar-refractivity contribution in [1.29, 1.82) is 0 Å². The molecule has 0 aliphatic carbocycles. The fraction of sp³-hybridized carbons (Fsp3) is 0. The van der Waals surface area contributed by atoms with Gasteiger partial charge in [-0.15, -0.1) is 0 Å². The minimum absolute atomic E-state index is 0.653. The summed E-state index contributed by atoms with van der Waals surface area (Å²) in [6.45, 7) is 0. The molecule has 0 saturated heterocycles. The highest BCUT2D eigenvalue weighted by Crippen LogP contribution is 2.36. The largest absolute Gasteiger partial charge is 0.256 e. The maximum absolute atomic E-state index is 5.33. The van der Waals surface area contributed by atoms with Crippen LogP contribution in [0.4, 0.5) is 0 Å². The zero-order valence-corrected chi connectivity index (χ0v) is 30.4. The Balaban J connectivity index is 1.19. The van der Waals surface area contributed by atoms with Crippen molar-refractivity contribution in [1.82, 2.24) is 19.9 Å². The van der Waals surface area contributed by atoms with Gasteiger partial charge in [0.05, 0.1) is 22.8 Å². The molecule has 56 heavy (non-hydrogen) atoms. The van der Waals surface area contributed by atoms with Crippen LogP contribution in [0.2, 0.25) is 0 Å². The molecule has 4 heteroatoms. The van der Waals surface area contributed by atoms with Crippen LogP contribution >= 0.6 is 0 Å². The van der Waals surface area contributed by atoms with Crippen LogP contribution in [-0.4, -0.2) is 19.9 Å². The van der Waals surface area contributed by atoms with Crippen molar-refractivity contribution in [2.75, 3.05) is 0 Å². The molecule has 7 aromatic carbocycles. The third kappa shape index (κ3) is 6.61. The standard InChI is InChI=1S/C52H34N4/c1-3-13-35(14-4-1)37-21-11-23-41(25-37)50-32-51(56-52(55-50)42-24-12-22-38(26-42)36-15-5-2-6-16-36)47-28-45(48-30-39-17-7-9-19-43(39)33-53-48)27-46(29-47)49-31-40-18-8-10-20-44(40)34-54-49/h1-34H. The van der Waals surface area contributed by atoms with Crippen LogP contribution in [0.5, 0.6) is 0 Å². The normalized spacial score (nSPS) is 11.2. The summed E-state index contributed by atoms with van der Waals surface area (Å²) in [4.78, 5) is 20.5. The topological polar surface area (TPSA) is 51.6 Å². The quantitative estimate of drug-likeness (QED) is 0.165. The number of rotatable bonds is 7. The van der Waals surface area contributed by atoms with Gasteiger partial charge >= 0.3 is 0 Å². The van der Waals surface area contributed by atoms with Crippen LogP contribution in [-0.2, 0) is 0 Å². The first-order chi connectivity index (χ1) is 27.7. The van der Waals surface area contributed by atoms with Crippen LogP contribution in [0, 0.1) is 0 Å². The SMILES string of the molecule is c1ccc(-c2cccc(-c3cc(-c4cc(-c5cc6ccccc6cn5)cc(-c5cc6ccccc6cn5)c4)nc(-c4cccc(-c5ccccc5)c4)n3)c2)cc1. The number of nitrogens with zero attached hydrogens (tertiary/aromatic N) is 4. The maximum atomic E-state index is 5.33. The van der Waals surface area contributed by atoms with E-state index in [4.69, 9.17) is 19.9 Å². The predicted octanol–water partition coefficient (Wildman–Crippen LogP) is 13.2. The highest BCUT2D eigenvalue weighted by Gasteiger charge is 2.16. The first kappa shape index (κ1) is 33.0. The van der Waals surface area contributed by atoms with Crippen LogP contribution in [0.15, 0.2) is 207 Å². The molecule has 0 N–H and O–H groups in total. The second-order valence-corrected chi connectivity index (χ2v) is 14.0.